The molecule has 0 amide bonds. The van der Waals surface area contributed by atoms with Crippen molar-refractivity contribution in [3.63, 3.8) is 0 Å². The molecule has 0 spiro atoms. The minimum absolute atomic E-state index is 0.0614. The number of nitrogens with zero attached hydrogens (tertiary/aromatic N) is 1. The second-order valence-corrected chi connectivity index (χ2v) is 3.60. The van der Waals surface area contributed by atoms with Gasteiger partial charge in [0.2, 0.25) is 0 Å². The Bertz CT molecular complexity index is 268. The van der Waals surface area contributed by atoms with Crippen molar-refractivity contribution in [3.05, 3.63) is 0 Å². The fraction of sp³-hybridized carbons (Fsp3) is 0.750. The molecule has 0 radical (unpaired) electrons. The SMILES string of the molecule is CCCCC(=O)C(C#N)CCC(=O)OCC. The van der Waals surface area contributed by atoms with Crippen molar-refractivity contribution >= 4 is 11.8 Å². The number of rotatable bonds is 8. The predicted octanol–water partition coefficient (Wildman–Crippen LogP) is 2.23. The Labute approximate surface area is 96.6 Å². The van der Waals surface area contributed by atoms with Crippen LogP contribution < -0.4 is 0 Å². The van der Waals surface area contributed by atoms with E-state index in [1.807, 2.05) is 13.0 Å². The van der Waals surface area contributed by atoms with E-state index in [1.165, 1.54) is 0 Å². The van der Waals surface area contributed by atoms with Crippen molar-refractivity contribution in [1.82, 2.24) is 0 Å². The van der Waals surface area contributed by atoms with Gasteiger partial charge in [0.15, 0.2) is 0 Å². The average Bonchev–Trinajstić information content (AvgIpc) is 2.27. The number of carbonyl (C=O) groups is 2. The minimum Gasteiger partial charge on any atom is -0.466 e. The average molecular weight is 225 g/mol. The molecule has 0 fully saturated rings. The topological polar surface area (TPSA) is 67.2 Å². The number of ketones is 1. The number of hydrogen-bond acceptors (Lipinski definition) is 4. The lowest BCUT2D eigenvalue weighted by Gasteiger charge is -2.07. The van der Waals surface area contributed by atoms with E-state index < -0.39 is 5.92 Å². The first-order valence-electron chi connectivity index (χ1n) is 5.73. The maximum absolute atomic E-state index is 11.5. The highest BCUT2D eigenvalue weighted by atomic mass is 16.5. The molecule has 0 aliphatic heterocycles. The van der Waals surface area contributed by atoms with E-state index in [2.05, 4.69) is 0 Å². The second kappa shape index (κ2) is 8.90. The smallest absolute Gasteiger partial charge is 0.305 e. The lowest BCUT2D eigenvalue weighted by Crippen LogP contribution is -2.15. The van der Waals surface area contributed by atoms with Crippen molar-refractivity contribution in [2.45, 2.75) is 46.0 Å². The molecule has 0 saturated heterocycles. The monoisotopic (exact) mass is 225 g/mol. The normalized spacial score (nSPS) is 11.6. The Balaban J connectivity index is 3.96. The van der Waals surface area contributed by atoms with Crippen molar-refractivity contribution < 1.29 is 14.3 Å². The standard InChI is InChI=1S/C12H19NO3/c1-3-5-6-11(14)10(9-13)7-8-12(15)16-4-2/h10H,3-8H2,1-2H3. The zero-order chi connectivity index (χ0) is 12.4. The van der Waals surface area contributed by atoms with E-state index >= 15 is 0 Å². The number of esters is 1. The van der Waals surface area contributed by atoms with Gasteiger partial charge >= 0.3 is 5.97 Å². The largest absolute Gasteiger partial charge is 0.466 e. The van der Waals surface area contributed by atoms with Gasteiger partial charge in [0.1, 0.15) is 11.7 Å². The van der Waals surface area contributed by atoms with Crippen molar-refractivity contribution in [2.75, 3.05) is 6.61 Å². The van der Waals surface area contributed by atoms with Crippen LogP contribution in [0.4, 0.5) is 0 Å². The molecule has 4 heteroatoms. The first kappa shape index (κ1) is 14.6. The molecule has 1 atom stereocenters. The molecule has 0 aromatic heterocycles. The van der Waals surface area contributed by atoms with Crippen LogP contribution in [0.25, 0.3) is 0 Å². The molecule has 1 unspecified atom stereocenters. The Morgan fingerprint density at radius 2 is 2.00 bits per heavy atom. The molecule has 0 N–H and O–H groups in total. The summed E-state index contributed by atoms with van der Waals surface area (Å²) in [6.45, 7) is 4.05. The molecule has 0 aromatic carbocycles. The summed E-state index contributed by atoms with van der Waals surface area (Å²) in [6.07, 6.45) is 2.58. The summed E-state index contributed by atoms with van der Waals surface area (Å²) in [7, 11) is 0. The van der Waals surface area contributed by atoms with Gasteiger partial charge in [-0.2, -0.15) is 5.26 Å². The van der Waals surface area contributed by atoms with Gasteiger partial charge in [0, 0.05) is 12.8 Å². The number of nitriles is 1. The summed E-state index contributed by atoms with van der Waals surface area (Å²) < 4.78 is 4.74. The lowest BCUT2D eigenvalue weighted by atomic mass is 9.96. The molecule has 0 rings (SSSR count). The Morgan fingerprint density at radius 3 is 2.50 bits per heavy atom. The second-order valence-electron chi connectivity index (χ2n) is 3.60. The summed E-state index contributed by atoms with van der Waals surface area (Å²) in [5.41, 5.74) is 0. The molecule has 0 saturated carbocycles. The highest BCUT2D eigenvalue weighted by molar-refractivity contribution is 5.83. The molecule has 0 aliphatic carbocycles. The van der Waals surface area contributed by atoms with Crippen LogP contribution in [0.5, 0.6) is 0 Å². The molecule has 4 nitrogen and oxygen atoms in total. The highest BCUT2D eigenvalue weighted by Gasteiger charge is 2.18. The Hall–Kier alpha value is -1.37. The van der Waals surface area contributed by atoms with Gasteiger partial charge in [-0.3, -0.25) is 9.59 Å². The molecule has 16 heavy (non-hydrogen) atoms. The number of ether oxygens (including phenoxy) is 1. The molecule has 0 aromatic rings. The van der Waals surface area contributed by atoms with Gasteiger partial charge in [-0.15, -0.1) is 0 Å². The van der Waals surface area contributed by atoms with Gasteiger partial charge in [0.05, 0.1) is 12.7 Å². The van der Waals surface area contributed by atoms with Crippen LogP contribution in [-0.4, -0.2) is 18.4 Å². The van der Waals surface area contributed by atoms with Gasteiger partial charge in [-0.1, -0.05) is 13.3 Å². The van der Waals surface area contributed by atoms with Gasteiger partial charge in [-0.25, -0.2) is 0 Å². The Morgan fingerprint density at radius 1 is 1.31 bits per heavy atom. The summed E-state index contributed by atoms with van der Waals surface area (Å²) in [4.78, 5) is 22.6. The van der Waals surface area contributed by atoms with Crippen molar-refractivity contribution in [1.29, 1.82) is 5.26 Å². The van der Waals surface area contributed by atoms with Gasteiger partial charge < -0.3 is 4.74 Å². The van der Waals surface area contributed by atoms with E-state index in [9.17, 15) is 9.59 Å². The third kappa shape index (κ3) is 6.18. The van der Waals surface area contributed by atoms with Crippen LogP contribution in [0.2, 0.25) is 0 Å². The van der Waals surface area contributed by atoms with E-state index in [1.54, 1.807) is 6.92 Å². The summed E-state index contributed by atoms with van der Waals surface area (Å²) in [5, 5.41) is 8.82. The number of unbranched alkanes of at least 4 members (excludes halogenated alkanes) is 1. The zero-order valence-electron chi connectivity index (χ0n) is 9.99. The fourth-order valence-electron chi connectivity index (χ4n) is 1.32. The van der Waals surface area contributed by atoms with E-state index in [0.29, 0.717) is 13.0 Å². The fourth-order valence-corrected chi connectivity index (χ4v) is 1.32. The first-order chi connectivity index (χ1) is 7.65. The molecule has 0 bridgehead atoms. The van der Waals surface area contributed by atoms with E-state index in [-0.39, 0.29) is 24.6 Å². The number of hydrogen-bond donors (Lipinski definition) is 0. The molecular formula is C12H19NO3. The van der Waals surface area contributed by atoms with Crippen LogP contribution in [-0.2, 0) is 14.3 Å². The number of carbonyl (C=O) groups excluding carboxylic acids is 2. The third-order valence-electron chi connectivity index (χ3n) is 2.26. The van der Waals surface area contributed by atoms with Gasteiger partial charge in [0.25, 0.3) is 0 Å². The van der Waals surface area contributed by atoms with E-state index in [4.69, 9.17) is 10.00 Å². The van der Waals surface area contributed by atoms with Crippen LogP contribution in [0.3, 0.4) is 0 Å². The maximum Gasteiger partial charge on any atom is 0.305 e. The highest BCUT2D eigenvalue weighted by Crippen LogP contribution is 2.11. The van der Waals surface area contributed by atoms with Crippen LogP contribution in [0.15, 0.2) is 0 Å². The maximum atomic E-state index is 11.5. The molecule has 0 heterocycles. The first-order valence-corrected chi connectivity index (χ1v) is 5.73. The van der Waals surface area contributed by atoms with E-state index in [0.717, 1.165) is 12.8 Å². The predicted molar refractivity (Wildman–Crippen MR) is 59.5 cm³/mol. The quantitative estimate of drug-likeness (QED) is 0.594. The summed E-state index contributed by atoms with van der Waals surface area (Å²) in [5.74, 6) is -1.06. The third-order valence-corrected chi connectivity index (χ3v) is 2.26. The summed E-state index contributed by atoms with van der Waals surface area (Å²) >= 11 is 0. The number of Topliss-reactive ketones (excluding diaryl/α,β-unsaturated/α-hetero) is 1. The van der Waals surface area contributed by atoms with Crippen molar-refractivity contribution in [3.8, 4) is 6.07 Å². The lowest BCUT2D eigenvalue weighted by molar-refractivity contribution is -0.143. The molecule has 90 valence electrons. The molecular weight excluding hydrogens is 206 g/mol. The van der Waals surface area contributed by atoms with Crippen molar-refractivity contribution in [2.24, 2.45) is 5.92 Å². The zero-order valence-corrected chi connectivity index (χ0v) is 9.99. The van der Waals surface area contributed by atoms with Gasteiger partial charge in [-0.05, 0) is 19.8 Å². The minimum atomic E-state index is -0.657. The van der Waals surface area contributed by atoms with Crippen LogP contribution >= 0.6 is 0 Å². The molecule has 0 aliphatic rings. The van der Waals surface area contributed by atoms with Crippen LogP contribution in [0, 0.1) is 17.2 Å². The Kier molecular flexibility index (Phi) is 8.14. The van der Waals surface area contributed by atoms with Crippen LogP contribution in [0.1, 0.15) is 46.0 Å². The summed E-state index contributed by atoms with van der Waals surface area (Å²) in [6, 6.07) is 1.95.